The fourth-order valence-electron chi connectivity index (χ4n) is 1.18. The average Bonchev–Trinajstić information content (AvgIpc) is 1.98. The topological polar surface area (TPSA) is 12.4 Å². The number of aliphatic imine (C=N–C) groups is 1. The third kappa shape index (κ3) is 2.04. The van der Waals surface area contributed by atoms with Gasteiger partial charge in [-0.25, -0.2) is 0 Å². The molecule has 1 atom stereocenters. The van der Waals surface area contributed by atoms with Crippen LogP contribution in [0.25, 0.3) is 0 Å². The van der Waals surface area contributed by atoms with Gasteiger partial charge in [0, 0.05) is 18.2 Å². The van der Waals surface area contributed by atoms with E-state index in [1.54, 1.807) is 0 Å². The lowest BCUT2D eigenvalue weighted by molar-refractivity contribution is 0.965. The van der Waals surface area contributed by atoms with Crippen LogP contribution < -0.4 is 0 Å². The first-order chi connectivity index (χ1) is 5.24. The van der Waals surface area contributed by atoms with Crippen LogP contribution in [0.4, 0.5) is 0 Å². The highest BCUT2D eigenvalue weighted by Crippen LogP contribution is 2.13. The summed E-state index contributed by atoms with van der Waals surface area (Å²) in [5.74, 6) is 0.499. The van der Waals surface area contributed by atoms with Crippen molar-refractivity contribution >= 4 is 5.71 Å². The van der Waals surface area contributed by atoms with Crippen LogP contribution in [0.15, 0.2) is 28.8 Å². The lowest BCUT2D eigenvalue weighted by atomic mass is 9.97. The first kappa shape index (κ1) is 8.25. The molecule has 0 saturated carbocycles. The number of rotatable bonds is 1. The van der Waals surface area contributed by atoms with Gasteiger partial charge in [0.2, 0.25) is 0 Å². The summed E-state index contributed by atoms with van der Waals surface area (Å²) in [5, 5.41) is 0. The summed E-state index contributed by atoms with van der Waals surface area (Å²) in [7, 11) is 0. The van der Waals surface area contributed by atoms with Crippen LogP contribution in [0, 0.1) is 5.92 Å². The van der Waals surface area contributed by atoms with Crippen molar-refractivity contribution in [1.82, 2.24) is 0 Å². The molecular weight excluding hydrogens is 134 g/mol. The van der Waals surface area contributed by atoms with E-state index in [0.29, 0.717) is 5.92 Å². The van der Waals surface area contributed by atoms with Crippen LogP contribution in [0.5, 0.6) is 0 Å². The molecule has 0 radical (unpaired) electrons. The van der Waals surface area contributed by atoms with E-state index in [0.717, 1.165) is 6.54 Å². The molecule has 1 unspecified atom stereocenters. The van der Waals surface area contributed by atoms with Crippen molar-refractivity contribution in [3.05, 3.63) is 23.8 Å². The molecule has 0 fully saturated rings. The van der Waals surface area contributed by atoms with Gasteiger partial charge in [-0.15, -0.1) is 0 Å². The van der Waals surface area contributed by atoms with Crippen LogP contribution in [-0.4, -0.2) is 12.3 Å². The number of hydrogen-bond acceptors (Lipinski definition) is 1. The molecule has 0 amide bonds. The van der Waals surface area contributed by atoms with E-state index in [1.165, 1.54) is 11.3 Å². The molecule has 0 heterocycles. The molecule has 0 saturated heterocycles. The Labute approximate surface area is 68.5 Å². The summed E-state index contributed by atoms with van der Waals surface area (Å²) >= 11 is 0. The smallest absolute Gasteiger partial charge is 0.0416 e. The van der Waals surface area contributed by atoms with Gasteiger partial charge < -0.3 is 0 Å². The van der Waals surface area contributed by atoms with Gasteiger partial charge in [0.1, 0.15) is 0 Å². The van der Waals surface area contributed by atoms with Gasteiger partial charge in [0.15, 0.2) is 0 Å². The van der Waals surface area contributed by atoms with Crippen LogP contribution in [-0.2, 0) is 0 Å². The molecule has 0 aromatic carbocycles. The standard InChI is InChI=1S/C10H15N/c1-4-11-10-7-8(2)5-6-9(10)3/h5-7,9H,4H2,1-3H3. The highest BCUT2D eigenvalue weighted by atomic mass is 14.7. The third-order valence-corrected chi connectivity index (χ3v) is 1.83. The maximum Gasteiger partial charge on any atom is 0.0416 e. The summed E-state index contributed by atoms with van der Waals surface area (Å²) in [6.45, 7) is 7.24. The molecule has 0 aliphatic heterocycles. The van der Waals surface area contributed by atoms with Crippen molar-refractivity contribution in [2.24, 2.45) is 10.9 Å². The van der Waals surface area contributed by atoms with Crippen molar-refractivity contribution in [2.75, 3.05) is 6.54 Å². The van der Waals surface area contributed by atoms with Gasteiger partial charge >= 0.3 is 0 Å². The quantitative estimate of drug-likeness (QED) is 0.543. The Kier molecular flexibility index (Phi) is 2.64. The molecule has 1 rings (SSSR count). The van der Waals surface area contributed by atoms with E-state index in [1.807, 2.05) is 0 Å². The zero-order valence-electron chi connectivity index (χ0n) is 7.46. The van der Waals surface area contributed by atoms with E-state index in [-0.39, 0.29) is 0 Å². The predicted molar refractivity (Wildman–Crippen MR) is 50.0 cm³/mol. The first-order valence-electron chi connectivity index (χ1n) is 4.15. The Balaban J connectivity index is 2.81. The highest BCUT2D eigenvalue weighted by Gasteiger charge is 2.07. The minimum absolute atomic E-state index is 0.499. The molecular formula is C10H15N. The fourth-order valence-corrected chi connectivity index (χ4v) is 1.18. The van der Waals surface area contributed by atoms with E-state index < -0.39 is 0 Å². The van der Waals surface area contributed by atoms with E-state index >= 15 is 0 Å². The average molecular weight is 149 g/mol. The first-order valence-corrected chi connectivity index (χ1v) is 4.15. The Morgan fingerprint density at radius 3 is 2.91 bits per heavy atom. The molecule has 0 aromatic rings. The van der Waals surface area contributed by atoms with Crippen molar-refractivity contribution in [3.63, 3.8) is 0 Å². The fraction of sp³-hybridized carbons (Fsp3) is 0.500. The monoisotopic (exact) mass is 149 g/mol. The van der Waals surface area contributed by atoms with Gasteiger partial charge in [-0.05, 0) is 25.5 Å². The van der Waals surface area contributed by atoms with Crippen LogP contribution in [0.2, 0.25) is 0 Å². The normalized spacial score (nSPS) is 27.4. The van der Waals surface area contributed by atoms with E-state index in [4.69, 9.17) is 0 Å². The molecule has 1 aliphatic carbocycles. The van der Waals surface area contributed by atoms with Gasteiger partial charge in [-0.3, -0.25) is 4.99 Å². The molecule has 0 bridgehead atoms. The second-order valence-electron chi connectivity index (χ2n) is 2.94. The lowest BCUT2D eigenvalue weighted by Crippen LogP contribution is -2.09. The molecule has 1 heteroatoms. The molecule has 11 heavy (non-hydrogen) atoms. The van der Waals surface area contributed by atoms with Gasteiger partial charge in [-0.1, -0.05) is 19.1 Å². The summed E-state index contributed by atoms with van der Waals surface area (Å²) in [4.78, 5) is 4.40. The maximum atomic E-state index is 4.40. The number of hydrogen-bond donors (Lipinski definition) is 0. The minimum atomic E-state index is 0.499. The zero-order valence-corrected chi connectivity index (χ0v) is 7.46. The molecule has 0 spiro atoms. The molecule has 0 N–H and O–H groups in total. The van der Waals surface area contributed by atoms with Crippen molar-refractivity contribution in [2.45, 2.75) is 20.8 Å². The van der Waals surface area contributed by atoms with Gasteiger partial charge in [0.05, 0.1) is 0 Å². The van der Waals surface area contributed by atoms with Crippen molar-refractivity contribution < 1.29 is 0 Å². The maximum absolute atomic E-state index is 4.40. The van der Waals surface area contributed by atoms with Crippen LogP contribution in [0.1, 0.15) is 20.8 Å². The number of nitrogens with zero attached hydrogens (tertiary/aromatic N) is 1. The Morgan fingerprint density at radius 2 is 2.27 bits per heavy atom. The second-order valence-corrected chi connectivity index (χ2v) is 2.94. The molecule has 1 nitrogen and oxygen atoms in total. The van der Waals surface area contributed by atoms with Gasteiger partial charge in [0.25, 0.3) is 0 Å². The van der Waals surface area contributed by atoms with Crippen molar-refractivity contribution in [1.29, 1.82) is 0 Å². The van der Waals surface area contributed by atoms with Gasteiger partial charge in [-0.2, -0.15) is 0 Å². The summed E-state index contributed by atoms with van der Waals surface area (Å²) in [6, 6.07) is 0. The highest BCUT2D eigenvalue weighted by molar-refractivity contribution is 5.99. The predicted octanol–water partition coefficient (Wildman–Crippen LogP) is 2.60. The lowest BCUT2D eigenvalue weighted by Gasteiger charge is -2.11. The second kappa shape index (κ2) is 3.51. The summed E-state index contributed by atoms with van der Waals surface area (Å²) in [6.07, 6.45) is 6.51. The SMILES string of the molecule is CCN=C1C=C(C)C=CC1C. The van der Waals surface area contributed by atoms with Crippen LogP contribution >= 0.6 is 0 Å². The largest absolute Gasteiger partial charge is 0.289 e. The summed E-state index contributed by atoms with van der Waals surface area (Å²) < 4.78 is 0. The molecule has 60 valence electrons. The van der Waals surface area contributed by atoms with Crippen molar-refractivity contribution in [3.8, 4) is 0 Å². The Morgan fingerprint density at radius 1 is 1.55 bits per heavy atom. The Hall–Kier alpha value is -0.850. The third-order valence-electron chi connectivity index (χ3n) is 1.83. The molecule has 1 aliphatic rings. The van der Waals surface area contributed by atoms with E-state index in [2.05, 4.69) is 44.0 Å². The van der Waals surface area contributed by atoms with Crippen LogP contribution in [0.3, 0.4) is 0 Å². The zero-order chi connectivity index (χ0) is 8.27. The number of allylic oxidation sites excluding steroid dienone is 4. The minimum Gasteiger partial charge on any atom is -0.289 e. The molecule has 0 aromatic heterocycles. The van der Waals surface area contributed by atoms with E-state index in [9.17, 15) is 0 Å². The Bertz CT molecular complexity index is 221. The summed E-state index contributed by atoms with van der Waals surface area (Å²) in [5.41, 5.74) is 2.52.